The second kappa shape index (κ2) is 9.30. The largest absolute Gasteiger partial charge is 0.353 e. The number of carbonyl (C=O) groups excluding carboxylic acids is 1. The van der Waals surface area contributed by atoms with E-state index in [1.807, 2.05) is 30.5 Å². The third-order valence-electron chi connectivity index (χ3n) is 5.48. The number of anilines is 1. The lowest BCUT2D eigenvalue weighted by atomic mass is 10.1. The first-order valence-corrected chi connectivity index (χ1v) is 12.0. The van der Waals surface area contributed by atoms with Gasteiger partial charge >= 0.3 is 0 Å². The number of para-hydroxylation sites is 1. The Morgan fingerprint density at radius 1 is 1.09 bits per heavy atom. The number of nitrogens with zero attached hydrogens (tertiary/aromatic N) is 5. The first kappa shape index (κ1) is 22.2. The number of nitrogens with one attached hydrogen (secondary N) is 1. The topological polar surface area (TPSA) is 73.7 Å². The van der Waals surface area contributed by atoms with Crippen molar-refractivity contribution in [3.8, 4) is 0 Å². The summed E-state index contributed by atoms with van der Waals surface area (Å²) in [5.41, 5.74) is 2.90. The fourth-order valence-electron chi connectivity index (χ4n) is 3.63. The number of aromatic nitrogens is 2. The minimum absolute atomic E-state index is 0.223. The molecule has 7 nitrogen and oxygen atoms in total. The summed E-state index contributed by atoms with van der Waals surface area (Å²) in [5.74, 6) is 0.652. The number of likely N-dealkylation sites (N-methyl/N-ethyl adjacent to an activating group) is 1. The van der Waals surface area contributed by atoms with E-state index >= 15 is 0 Å². The smallest absolute Gasteiger partial charge is 0.264 e. The highest BCUT2D eigenvalue weighted by Crippen LogP contribution is 2.35. The molecule has 0 unspecified atom stereocenters. The highest BCUT2D eigenvalue weighted by atomic mass is 35.5. The van der Waals surface area contributed by atoms with Crippen molar-refractivity contribution in [3.63, 3.8) is 0 Å². The highest BCUT2D eigenvalue weighted by molar-refractivity contribution is 8.18. The average Bonchev–Trinajstić information content (AvgIpc) is 3.15. The zero-order valence-electron chi connectivity index (χ0n) is 17.8. The maximum absolute atomic E-state index is 12.5. The molecule has 1 aromatic heterocycles. The Hall–Kier alpha value is -2.65. The normalized spacial score (nSPS) is 19.6. The Morgan fingerprint density at radius 2 is 1.85 bits per heavy atom. The van der Waals surface area contributed by atoms with E-state index in [1.54, 1.807) is 18.2 Å². The predicted octanol–water partition coefficient (Wildman–Crippen LogP) is 4.58. The molecule has 2 aliphatic rings. The molecule has 0 saturated carbocycles. The van der Waals surface area contributed by atoms with Crippen molar-refractivity contribution < 1.29 is 4.79 Å². The van der Waals surface area contributed by atoms with Gasteiger partial charge in [-0.1, -0.05) is 35.3 Å². The van der Waals surface area contributed by atoms with Gasteiger partial charge in [-0.15, -0.1) is 0 Å². The monoisotopic (exact) mass is 498 g/mol. The van der Waals surface area contributed by atoms with Crippen LogP contribution in [0, 0.1) is 0 Å². The Labute approximate surface area is 205 Å². The summed E-state index contributed by atoms with van der Waals surface area (Å²) in [4.78, 5) is 31.4. The molecule has 33 heavy (non-hydrogen) atoms. The molecule has 0 atom stereocenters. The van der Waals surface area contributed by atoms with Crippen LogP contribution in [0.1, 0.15) is 5.56 Å². The Bertz CT molecular complexity index is 1280. The number of amides is 1. The number of hydrogen-bond donors (Lipinski definition) is 1. The van der Waals surface area contributed by atoms with Crippen LogP contribution in [0.3, 0.4) is 0 Å². The highest BCUT2D eigenvalue weighted by Gasteiger charge is 2.24. The quantitative estimate of drug-likeness (QED) is 0.532. The second-order valence-corrected chi connectivity index (χ2v) is 9.66. The number of aliphatic imine (C=N–C) groups is 1. The van der Waals surface area contributed by atoms with Gasteiger partial charge in [0.2, 0.25) is 0 Å². The summed E-state index contributed by atoms with van der Waals surface area (Å²) in [6.07, 6.45) is 3.65. The number of piperazine rings is 1. The van der Waals surface area contributed by atoms with Gasteiger partial charge in [0, 0.05) is 26.2 Å². The van der Waals surface area contributed by atoms with E-state index in [0.29, 0.717) is 25.8 Å². The van der Waals surface area contributed by atoms with Crippen molar-refractivity contribution in [3.05, 3.63) is 63.1 Å². The summed E-state index contributed by atoms with van der Waals surface area (Å²) < 4.78 is 0. The van der Waals surface area contributed by atoms with Crippen molar-refractivity contribution in [1.82, 2.24) is 20.2 Å². The van der Waals surface area contributed by atoms with E-state index in [1.165, 1.54) is 11.8 Å². The van der Waals surface area contributed by atoms with E-state index in [2.05, 4.69) is 32.1 Å². The Balaban J connectivity index is 1.40. The number of benzene rings is 2. The molecular weight excluding hydrogens is 479 g/mol. The molecule has 0 spiro atoms. The second-order valence-electron chi connectivity index (χ2n) is 7.82. The summed E-state index contributed by atoms with van der Waals surface area (Å²) >= 11 is 13.6. The first-order chi connectivity index (χ1) is 16.0. The van der Waals surface area contributed by atoms with Gasteiger partial charge < -0.3 is 15.1 Å². The first-order valence-electron chi connectivity index (χ1n) is 10.4. The van der Waals surface area contributed by atoms with Gasteiger partial charge in [0.1, 0.15) is 11.5 Å². The molecule has 0 bridgehead atoms. The van der Waals surface area contributed by atoms with Crippen molar-refractivity contribution in [2.24, 2.45) is 4.99 Å². The van der Waals surface area contributed by atoms with E-state index in [9.17, 15) is 4.79 Å². The van der Waals surface area contributed by atoms with Crippen LogP contribution >= 0.6 is 35.0 Å². The van der Waals surface area contributed by atoms with Crippen LogP contribution in [-0.4, -0.2) is 59.2 Å². The van der Waals surface area contributed by atoms with Gasteiger partial charge in [-0.25, -0.2) is 9.98 Å². The predicted molar refractivity (Wildman–Crippen MR) is 137 cm³/mol. The molecule has 2 aromatic carbocycles. The lowest BCUT2D eigenvalue weighted by molar-refractivity contribution is -0.115. The van der Waals surface area contributed by atoms with E-state index in [0.717, 1.165) is 48.6 Å². The van der Waals surface area contributed by atoms with Crippen molar-refractivity contribution in [2.75, 3.05) is 38.1 Å². The molecular formula is C23H20Cl2N6OS. The van der Waals surface area contributed by atoms with Crippen molar-refractivity contribution in [2.45, 2.75) is 0 Å². The van der Waals surface area contributed by atoms with E-state index in [-0.39, 0.29) is 5.91 Å². The van der Waals surface area contributed by atoms with Gasteiger partial charge in [-0.3, -0.25) is 9.78 Å². The SMILES string of the molecule is CN1CCN(c2cnc3ccc(/C=C4\SC(=Nc5c(Cl)cccc5Cl)NC4=O)cc3n2)CC1. The average molecular weight is 499 g/mol. The van der Waals surface area contributed by atoms with Gasteiger partial charge in [0.25, 0.3) is 5.91 Å². The number of hydrogen-bond acceptors (Lipinski definition) is 7. The molecule has 0 aliphatic carbocycles. The molecule has 1 N–H and O–H groups in total. The number of fused-ring (bicyclic) bond motifs is 1. The fraction of sp³-hybridized carbons (Fsp3) is 0.217. The molecule has 2 saturated heterocycles. The molecule has 5 rings (SSSR count). The molecule has 168 valence electrons. The van der Waals surface area contributed by atoms with Crippen LogP contribution in [0.25, 0.3) is 17.1 Å². The lowest BCUT2D eigenvalue weighted by Crippen LogP contribution is -2.44. The third kappa shape index (κ3) is 4.84. The number of carbonyl (C=O) groups is 1. The van der Waals surface area contributed by atoms with Crippen LogP contribution < -0.4 is 10.2 Å². The summed E-state index contributed by atoms with van der Waals surface area (Å²) in [6, 6.07) is 10.9. The maximum atomic E-state index is 12.5. The minimum Gasteiger partial charge on any atom is -0.353 e. The summed E-state index contributed by atoms with van der Waals surface area (Å²) in [5, 5.41) is 4.05. The van der Waals surface area contributed by atoms with Crippen molar-refractivity contribution in [1.29, 1.82) is 0 Å². The minimum atomic E-state index is -0.223. The zero-order valence-corrected chi connectivity index (χ0v) is 20.1. The van der Waals surface area contributed by atoms with Crippen LogP contribution in [-0.2, 0) is 4.79 Å². The molecule has 10 heteroatoms. The molecule has 1 amide bonds. The number of rotatable bonds is 3. The maximum Gasteiger partial charge on any atom is 0.264 e. The molecule has 3 heterocycles. The fourth-order valence-corrected chi connectivity index (χ4v) is 4.94. The number of amidine groups is 1. The van der Waals surface area contributed by atoms with Crippen LogP contribution in [0.5, 0.6) is 0 Å². The lowest BCUT2D eigenvalue weighted by Gasteiger charge is -2.33. The molecule has 3 aromatic rings. The Morgan fingerprint density at radius 3 is 2.61 bits per heavy atom. The van der Waals surface area contributed by atoms with Gasteiger partial charge in [0.15, 0.2) is 5.17 Å². The number of thioether (sulfide) groups is 1. The molecule has 2 aliphatic heterocycles. The van der Waals surface area contributed by atoms with Gasteiger partial charge in [0.05, 0.1) is 32.2 Å². The van der Waals surface area contributed by atoms with Gasteiger partial charge in [-0.2, -0.15) is 0 Å². The summed E-state index contributed by atoms with van der Waals surface area (Å²) in [7, 11) is 2.12. The number of halogens is 2. The van der Waals surface area contributed by atoms with Crippen LogP contribution in [0.4, 0.5) is 11.5 Å². The Kier molecular flexibility index (Phi) is 6.25. The standard InChI is InChI=1S/C23H20Cl2N6OS/c1-30-7-9-31(10-8-30)20-13-26-17-6-5-14(11-18(17)27-20)12-19-22(32)29-23(33-19)28-21-15(24)3-2-4-16(21)25/h2-6,11-13H,7-10H2,1H3,(H,28,29,32)/b19-12-. The summed E-state index contributed by atoms with van der Waals surface area (Å²) in [6.45, 7) is 3.85. The third-order valence-corrected chi connectivity index (χ3v) is 7.00. The van der Waals surface area contributed by atoms with Crippen LogP contribution in [0.15, 0.2) is 52.5 Å². The molecule has 2 fully saturated rings. The van der Waals surface area contributed by atoms with E-state index < -0.39 is 0 Å². The van der Waals surface area contributed by atoms with E-state index in [4.69, 9.17) is 28.2 Å². The van der Waals surface area contributed by atoms with Gasteiger partial charge in [-0.05, 0) is 54.7 Å². The van der Waals surface area contributed by atoms with Crippen LogP contribution in [0.2, 0.25) is 10.0 Å². The zero-order chi connectivity index (χ0) is 22.9. The van der Waals surface area contributed by atoms with Crippen molar-refractivity contribution >= 4 is 74.7 Å². The molecule has 0 radical (unpaired) electrons.